The van der Waals surface area contributed by atoms with E-state index in [4.69, 9.17) is 10.2 Å². The molecule has 0 radical (unpaired) electrons. The highest BCUT2D eigenvalue weighted by Crippen LogP contribution is 2.39. The first-order chi connectivity index (χ1) is 15.6. The van der Waals surface area contributed by atoms with Crippen molar-refractivity contribution in [3.8, 4) is 0 Å². The number of alkyl halides is 3. The first kappa shape index (κ1) is 24.1. The van der Waals surface area contributed by atoms with Crippen molar-refractivity contribution in [3.05, 3.63) is 33.3 Å². The highest BCUT2D eigenvalue weighted by Gasteiger charge is 2.42. The van der Waals surface area contributed by atoms with E-state index in [-0.39, 0.29) is 43.3 Å². The molecule has 1 aromatic heterocycles. The van der Waals surface area contributed by atoms with Crippen molar-refractivity contribution in [1.29, 1.82) is 0 Å². The van der Waals surface area contributed by atoms with E-state index in [9.17, 15) is 22.8 Å². The van der Waals surface area contributed by atoms with Gasteiger partial charge >= 0.3 is 6.18 Å². The number of furan rings is 1. The minimum Gasteiger partial charge on any atom is -0.472 e. The number of carbonyl (C=O) groups is 2. The van der Waals surface area contributed by atoms with E-state index < -0.39 is 38.7 Å². The molecule has 11 heteroatoms. The third-order valence-corrected chi connectivity index (χ3v) is 9.01. The Hall–Kier alpha value is -2.02. The van der Waals surface area contributed by atoms with Gasteiger partial charge in [-0.1, -0.05) is 27.7 Å². The normalized spacial score (nSPS) is 22.9. The molecule has 2 N–H and O–H groups in total. The summed E-state index contributed by atoms with van der Waals surface area (Å²) in [7, 11) is 0. The monoisotopic (exact) mass is 578 g/mol. The number of piperidine rings is 1. The molecular weight excluding hydrogens is 552 g/mol. The number of hydrogen-bond donors (Lipinski definition) is 1. The molecule has 0 bridgehead atoms. The zero-order chi connectivity index (χ0) is 23.8. The fourth-order valence-corrected chi connectivity index (χ4v) is 7.31. The Kier molecular flexibility index (Phi) is 7.08. The summed E-state index contributed by atoms with van der Waals surface area (Å²) in [4.78, 5) is 32.3. The van der Waals surface area contributed by atoms with Crippen molar-refractivity contribution >= 4 is 41.9 Å². The van der Waals surface area contributed by atoms with Gasteiger partial charge in [-0.2, -0.15) is 13.2 Å². The van der Waals surface area contributed by atoms with Gasteiger partial charge in [0, 0.05) is 47.7 Å². The van der Waals surface area contributed by atoms with Crippen molar-refractivity contribution in [1.82, 2.24) is 9.80 Å². The van der Waals surface area contributed by atoms with E-state index in [1.54, 1.807) is 15.9 Å². The van der Waals surface area contributed by atoms with Gasteiger partial charge in [-0.3, -0.25) is 9.59 Å². The molecule has 0 unspecified atom stereocenters. The Bertz CT molecular complexity index is 1020. The molecule has 180 valence electrons. The van der Waals surface area contributed by atoms with Gasteiger partial charge in [0.25, 0.3) is 0 Å². The third kappa shape index (κ3) is 5.56. The lowest BCUT2D eigenvalue weighted by atomic mass is 9.98. The van der Waals surface area contributed by atoms with Gasteiger partial charge in [0.15, 0.2) is 0 Å². The van der Waals surface area contributed by atoms with E-state index in [2.05, 4.69) is 11.9 Å². The summed E-state index contributed by atoms with van der Waals surface area (Å²) >= 11 is -0.970. The molecule has 0 spiro atoms. The van der Waals surface area contributed by atoms with Crippen molar-refractivity contribution < 1.29 is 27.2 Å². The number of halogens is 4. The predicted molar refractivity (Wildman–Crippen MR) is 126 cm³/mol. The second kappa shape index (κ2) is 9.69. The highest BCUT2D eigenvalue weighted by molar-refractivity contribution is 14.2. The van der Waals surface area contributed by atoms with Gasteiger partial charge < -0.3 is 20.0 Å². The van der Waals surface area contributed by atoms with Crippen LogP contribution in [0, 0.1) is 5.92 Å². The molecular formula is C22H26F3IN4O3. The van der Waals surface area contributed by atoms with E-state index in [1.165, 1.54) is 12.5 Å². The number of rotatable bonds is 5. The fraction of sp³-hybridized carbons (Fsp3) is 0.545. The lowest BCUT2D eigenvalue weighted by molar-refractivity contribution is -0.136. The second-order valence-electron chi connectivity index (χ2n) is 8.71. The zero-order valence-corrected chi connectivity index (χ0v) is 20.4. The molecule has 0 aliphatic carbocycles. The largest absolute Gasteiger partial charge is 0.472 e. The minimum absolute atomic E-state index is 0.0528. The molecule has 1 aromatic rings. The maximum absolute atomic E-state index is 13.7. The van der Waals surface area contributed by atoms with Crippen molar-refractivity contribution in [2.24, 2.45) is 16.6 Å². The quantitative estimate of drug-likeness (QED) is 0.544. The Morgan fingerprint density at radius 3 is 2.88 bits per heavy atom. The molecule has 2 amide bonds. The number of amides is 2. The lowest BCUT2D eigenvalue weighted by Crippen LogP contribution is -2.48. The van der Waals surface area contributed by atoms with Gasteiger partial charge in [-0.15, -0.1) is 0 Å². The molecule has 0 saturated carbocycles. The first-order valence-electron chi connectivity index (χ1n) is 10.9. The smallest absolute Gasteiger partial charge is 0.433 e. The number of nitrogens with zero attached hydrogens (tertiary/aromatic N) is 3. The van der Waals surface area contributed by atoms with E-state index in [1.807, 2.05) is 0 Å². The van der Waals surface area contributed by atoms with Crippen LogP contribution in [-0.4, -0.2) is 69.4 Å². The van der Waals surface area contributed by atoms with E-state index in [0.29, 0.717) is 38.2 Å². The van der Waals surface area contributed by atoms with Crippen LogP contribution < -0.4 is 5.73 Å². The summed E-state index contributed by atoms with van der Waals surface area (Å²) in [5.74, 6) is 0.256. The molecule has 3 aliphatic heterocycles. The van der Waals surface area contributed by atoms with E-state index in [0.717, 1.165) is 6.42 Å². The summed E-state index contributed by atoms with van der Waals surface area (Å²) in [5, 5.41) is 0. The molecule has 3 aliphatic rings. The topological polar surface area (TPSA) is 92.1 Å². The van der Waals surface area contributed by atoms with Gasteiger partial charge in [0.1, 0.15) is 15.6 Å². The summed E-state index contributed by atoms with van der Waals surface area (Å²) in [5.41, 5.74) is 6.10. The van der Waals surface area contributed by atoms with Crippen LogP contribution in [0.2, 0.25) is 0 Å². The van der Waals surface area contributed by atoms with Crippen molar-refractivity contribution in [2.75, 3.05) is 26.2 Å². The molecule has 1 saturated heterocycles. The van der Waals surface area contributed by atoms with Crippen LogP contribution in [0.4, 0.5) is 13.2 Å². The Labute approximate surface area is 199 Å². The third-order valence-electron chi connectivity index (χ3n) is 6.00. The van der Waals surface area contributed by atoms with Crippen LogP contribution in [-0.2, 0) is 9.59 Å². The summed E-state index contributed by atoms with van der Waals surface area (Å²) < 4.78 is 47.2. The van der Waals surface area contributed by atoms with Crippen LogP contribution in [0.5, 0.6) is 0 Å². The van der Waals surface area contributed by atoms with Crippen LogP contribution in [0.15, 0.2) is 37.2 Å². The molecule has 4 heterocycles. The predicted octanol–water partition coefficient (Wildman–Crippen LogP) is 3.21. The number of nitrogens with two attached hydrogens (primary N) is 1. The molecule has 2 atom stereocenters. The number of hydrogen-bond acceptors (Lipinski definition) is 5. The van der Waals surface area contributed by atoms with Crippen molar-refractivity contribution in [3.63, 3.8) is 0 Å². The van der Waals surface area contributed by atoms with Crippen LogP contribution in [0.3, 0.4) is 0 Å². The number of carbonyl (C=O) groups excluding carboxylic acids is 2. The molecule has 33 heavy (non-hydrogen) atoms. The van der Waals surface area contributed by atoms with Gasteiger partial charge in [-0.25, -0.2) is 4.99 Å². The fourth-order valence-electron chi connectivity index (χ4n) is 4.28. The molecule has 7 nitrogen and oxygen atoms in total. The Morgan fingerprint density at radius 2 is 2.18 bits per heavy atom. The average Bonchev–Trinajstić information content (AvgIpc) is 3.29. The van der Waals surface area contributed by atoms with E-state index >= 15 is 0 Å². The van der Waals surface area contributed by atoms with Crippen molar-refractivity contribution in [2.45, 2.75) is 44.8 Å². The summed E-state index contributed by atoms with van der Waals surface area (Å²) in [6.07, 6.45) is -0.235. The highest BCUT2D eigenvalue weighted by atomic mass is 127. The Balaban J connectivity index is 1.46. The standard InChI is InChI=1S/C22H26F3IN4O3/c1-13-2-3-18(31)30(9-13)10-15(27)8-19(32)29-6-4-16-17(11-29)26-21(14-5-7-33-12-14)28-20(16)22(23,24)25/h5,7,12-13,15H,2-4,6,8-11,27H2,1H3/t13-,15+/m1/s1. The first-order valence-corrected chi connectivity index (χ1v) is 13.0. The zero-order valence-electron chi connectivity index (χ0n) is 18.2. The number of aliphatic imine (C=N–C) groups is 1. The molecule has 0 aromatic carbocycles. The summed E-state index contributed by atoms with van der Waals surface area (Å²) in [6.45, 7) is 3.38. The maximum atomic E-state index is 13.7. The van der Waals surface area contributed by atoms with Crippen LogP contribution in [0.25, 0.3) is 0 Å². The lowest BCUT2D eigenvalue weighted by Gasteiger charge is -2.34. The molecule has 1 fully saturated rings. The summed E-state index contributed by atoms with van der Waals surface area (Å²) in [6, 6.07) is 1.09. The second-order valence-corrected chi connectivity index (χ2v) is 11.6. The van der Waals surface area contributed by atoms with Crippen LogP contribution in [0.1, 0.15) is 38.2 Å². The molecule has 4 rings (SSSR count). The van der Waals surface area contributed by atoms with Gasteiger partial charge in [0.2, 0.25) is 11.8 Å². The SMILES string of the molecule is C[C@@H]1CCC(=O)N(C[C@@H](N)CC(=O)N2CCC3=C(C2)I=C(c2ccoc2)N=C3C(F)(F)F)C1. The average molecular weight is 578 g/mol. The van der Waals surface area contributed by atoms with Crippen LogP contribution >= 0.6 is 20.7 Å². The Morgan fingerprint density at radius 1 is 1.39 bits per heavy atom. The minimum atomic E-state index is -4.56. The van der Waals surface area contributed by atoms with Gasteiger partial charge in [-0.05, 0) is 30.4 Å². The number of likely N-dealkylation sites (tertiary alicyclic amines) is 1. The maximum Gasteiger partial charge on any atom is 0.433 e. The van der Waals surface area contributed by atoms with Gasteiger partial charge in [0.05, 0.1) is 12.8 Å².